The molecule has 1 saturated carbocycles. The minimum atomic E-state index is -0.513. The summed E-state index contributed by atoms with van der Waals surface area (Å²) in [6.07, 6.45) is 3.95. The summed E-state index contributed by atoms with van der Waals surface area (Å²) in [6, 6.07) is 12.7. The van der Waals surface area contributed by atoms with Gasteiger partial charge >= 0.3 is 0 Å². The van der Waals surface area contributed by atoms with Gasteiger partial charge in [-0.3, -0.25) is 14.7 Å². The quantitative estimate of drug-likeness (QED) is 0.744. The lowest BCUT2D eigenvalue weighted by Gasteiger charge is -2.05. The molecule has 4 rings (SSSR count). The highest BCUT2D eigenvalue weighted by molar-refractivity contribution is 7.87. The first kappa shape index (κ1) is 16.5. The van der Waals surface area contributed by atoms with E-state index in [1.54, 1.807) is 36.5 Å². The Bertz CT molecular complexity index is 1080. The molecule has 130 valence electrons. The SMILES string of the molecule is Cc1[nH]n(-c2ccc(S(=N)C3CC3)cn2)c(=O)c1-c1ccc(C#N)cc1. The normalized spacial score (nSPS) is 14.8. The molecule has 7 heteroatoms. The lowest BCUT2D eigenvalue weighted by atomic mass is 10.1. The zero-order valence-corrected chi connectivity index (χ0v) is 15.0. The van der Waals surface area contributed by atoms with Crippen molar-refractivity contribution in [2.24, 2.45) is 0 Å². The molecule has 6 nitrogen and oxygen atoms in total. The largest absolute Gasteiger partial charge is 0.293 e. The number of hydrogen-bond acceptors (Lipinski definition) is 4. The van der Waals surface area contributed by atoms with Crippen molar-refractivity contribution in [1.29, 1.82) is 10.0 Å². The van der Waals surface area contributed by atoms with Crippen LogP contribution in [0.2, 0.25) is 0 Å². The van der Waals surface area contributed by atoms with E-state index in [0.717, 1.165) is 29.0 Å². The number of nitriles is 1. The lowest BCUT2D eigenvalue weighted by Crippen LogP contribution is -2.17. The Labute approximate surface area is 153 Å². The molecular formula is C19H17N5OS. The fourth-order valence-corrected chi connectivity index (χ4v) is 4.26. The predicted molar refractivity (Wildman–Crippen MR) is 100 cm³/mol. The number of nitrogens with one attached hydrogen (secondary N) is 2. The fraction of sp³-hybridized carbons (Fsp3) is 0.211. The number of aryl methyl sites for hydroxylation is 1. The van der Waals surface area contributed by atoms with E-state index in [1.807, 2.05) is 13.0 Å². The summed E-state index contributed by atoms with van der Waals surface area (Å²) in [5.74, 6) is 0.509. The highest BCUT2D eigenvalue weighted by Gasteiger charge is 2.26. The van der Waals surface area contributed by atoms with Gasteiger partial charge in [0.05, 0.1) is 17.2 Å². The Hall–Kier alpha value is -2.98. The minimum absolute atomic E-state index is 0.181. The van der Waals surface area contributed by atoms with Crippen molar-refractivity contribution < 1.29 is 0 Å². The molecule has 3 aromatic rings. The molecule has 1 aliphatic rings. The highest BCUT2D eigenvalue weighted by atomic mass is 32.2. The van der Waals surface area contributed by atoms with Crippen LogP contribution < -0.4 is 5.56 Å². The van der Waals surface area contributed by atoms with Gasteiger partial charge in [-0.2, -0.15) is 5.26 Å². The van der Waals surface area contributed by atoms with E-state index in [9.17, 15) is 4.79 Å². The molecule has 0 aliphatic heterocycles. The van der Waals surface area contributed by atoms with E-state index in [0.29, 0.717) is 22.2 Å². The zero-order chi connectivity index (χ0) is 18.3. The van der Waals surface area contributed by atoms with Gasteiger partial charge in [0.1, 0.15) is 0 Å². The Morgan fingerprint density at radius 1 is 1.27 bits per heavy atom. The molecular weight excluding hydrogens is 346 g/mol. The van der Waals surface area contributed by atoms with Crippen LogP contribution in [0.3, 0.4) is 0 Å². The second kappa shape index (κ2) is 6.39. The third kappa shape index (κ3) is 2.89. The highest BCUT2D eigenvalue weighted by Crippen LogP contribution is 2.30. The summed E-state index contributed by atoms with van der Waals surface area (Å²) < 4.78 is 9.64. The zero-order valence-electron chi connectivity index (χ0n) is 14.2. The van der Waals surface area contributed by atoms with Crippen LogP contribution in [0.1, 0.15) is 24.1 Å². The minimum Gasteiger partial charge on any atom is -0.293 e. The van der Waals surface area contributed by atoms with Crippen LogP contribution in [-0.2, 0) is 10.7 Å². The number of hydrogen-bond donors (Lipinski definition) is 2. The number of aromatic amines is 1. The first-order valence-corrected chi connectivity index (χ1v) is 9.60. The van der Waals surface area contributed by atoms with Gasteiger partial charge in [-0.1, -0.05) is 22.8 Å². The number of pyridine rings is 1. The van der Waals surface area contributed by atoms with Crippen LogP contribution in [0.4, 0.5) is 0 Å². The number of nitrogens with zero attached hydrogens (tertiary/aromatic N) is 3. The number of benzene rings is 1. The van der Waals surface area contributed by atoms with Crippen molar-refractivity contribution in [3.63, 3.8) is 0 Å². The van der Waals surface area contributed by atoms with Gasteiger partial charge in [0.15, 0.2) is 5.82 Å². The molecule has 26 heavy (non-hydrogen) atoms. The van der Waals surface area contributed by atoms with E-state index in [4.69, 9.17) is 10.0 Å². The summed E-state index contributed by atoms with van der Waals surface area (Å²) in [4.78, 5) is 18.2. The van der Waals surface area contributed by atoms with E-state index >= 15 is 0 Å². The standard InChI is InChI=1S/C19H17N5OS/c1-12-18(14-4-2-13(10-20)3-5-14)19(25)24(23-12)17-9-8-16(11-22-17)26(21)15-6-7-15/h2-5,8-9,11,15,21,23H,6-7H2,1H3. The summed E-state index contributed by atoms with van der Waals surface area (Å²) >= 11 is 0. The Morgan fingerprint density at radius 3 is 2.58 bits per heavy atom. The Morgan fingerprint density at radius 2 is 2.00 bits per heavy atom. The van der Waals surface area contributed by atoms with E-state index in [-0.39, 0.29) is 5.56 Å². The van der Waals surface area contributed by atoms with Gasteiger partial charge in [0.25, 0.3) is 5.56 Å². The average Bonchev–Trinajstić information content (AvgIpc) is 3.47. The van der Waals surface area contributed by atoms with Crippen molar-refractivity contribution in [1.82, 2.24) is 14.8 Å². The molecule has 1 aliphatic carbocycles. The summed E-state index contributed by atoms with van der Waals surface area (Å²) in [6.45, 7) is 1.84. The molecule has 1 aromatic carbocycles. The summed E-state index contributed by atoms with van der Waals surface area (Å²) in [5.41, 5.74) is 2.45. The first-order chi connectivity index (χ1) is 12.6. The molecule has 0 bridgehead atoms. The second-order valence-corrected chi connectivity index (χ2v) is 8.14. The van der Waals surface area contributed by atoms with E-state index < -0.39 is 10.7 Å². The maximum Gasteiger partial charge on any atom is 0.280 e. The molecule has 0 radical (unpaired) electrons. The first-order valence-electron chi connectivity index (χ1n) is 8.31. The van der Waals surface area contributed by atoms with Crippen molar-refractivity contribution in [3.05, 3.63) is 64.2 Å². The Kier molecular flexibility index (Phi) is 4.05. The molecule has 1 fully saturated rings. The van der Waals surface area contributed by atoms with E-state index in [1.165, 1.54) is 4.68 Å². The average molecular weight is 363 g/mol. The molecule has 2 aromatic heterocycles. The van der Waals surface area contributed by atoms with Crippen LogP contribution in [0.15, 0.2) is 52.3 Å². The van der Waals surface area contributed by atoms with Crippen molar-refractivity contribution in [2.75, 3.05) is 0 Å². The van der Waals surface area contributed by atoms with Crippen LogP contribution in [0.25, 0.3) is 16.9 Å². The third-order valence-corrected chi connectivity index (χ3v) is 6.32. The maximum atomic E-state index is 12.9. The molecule has 2 heterocycles. The van der Waals surface area contributed by atoms with Gasteiger partial charge in [-0.15, -0.1) is 0 Å². The lowest BCUT2D eigenvalue weighted by molar-refractivity contribution is 0.804. The van der Waals surface area contributed by atoms with Crippen LogP contribution in [-0.4, -0.2) is 20.0 Å². The molecule has 0 amide bonds. The van der Waals surface area contributed by atoms with Gasteiger partial charge in [0.2, 0.25) is 0 Å². The van der Waals surface area contributed by atoms with Gasteiger partial charge in [-0.25, -0.2) is 9.67 Å². The smallest absolute Gasteiger partial charge is 0.280 e. The second-order valence-electron chi connectivity index (χ2n) is 6.33. The van der Waals surface area contributed by atoms with Crippen molar-refractivity contribution >= 4 is 10.7 Å². The van der Waals surface area contributed by atoms with Crippen molar-refractivity contribution in [3.8, 4) is 23.0 Å². The third-order valence-electron chi connectivity index (χ3n) is 4.44. The monoisotopic (exact) mass is 363 g/mol. The van der Waals surface area contributed by atoms with Crippen molar-refractivity contribution in [2.45, 2.75) is 29.9 Å². The van der Waals surface area contributed by atoms with E-state index in [2.05, 4.69) is 16.2 Å². The van der Waals surface area contributed by atoms with Crippen LogP contribution in [0.5, 0.6) is 0 Å². The summed E-state index contributed by atoms with van der Waals surface area (Å²) in [5, 5.41) is 12.5. The molecule has 0 saturated heterocycles. The topological polar surface area (TPSA) is 98.3 Å². The molecule has 1 unspecified atom stereocenters. The number of H-pyrrole nitrogens is 1. The predicted octanol–water partition coefficient (Wildman–Crippen LogP) is 3.31. The van der Waals surface area contributed by atoms with Gasteiger partial charge in [0, 0.05) is 22.0 Å². The molecule has 1 atom stereocenters. The number of aromatic nitrogens is 3. The van der Waals surface area contributed by atoms with Gasteiger partial charge < -0.3 is 0 Å². The molecule has 0 spiro atoms. The number of rotatable bonds is 4. The van der Waals surface area contributed by atoms with Crippen LogP contribution in [0, 0.1) is 23.0 Å². The van der Waals surface area contributed by atoms with Gasteiger partial charge in [-0.05, 0) is 49.6 Å². The Balaban J connectivity index is 1.70. The van der Waals surface area contributed by atoms with Crippen LogP contribution >= 0.6 is 0 Å². The summed E-state index contributed by atoms with van der Waals surface area (Å²) in [7, 11) is -0.513. The molecule has 2 N–H and O–H groups in total. The maximum absolute atomic E-state index is 12.9. The fourth-order valence-electron chi connectivity index (χ4n) is 2.89.